The highest BCUT2D eigenvalue weighted by Gasteiger charge is 2.30. The zero-order valence-corrected chi connectivity index (χ0v) is 20.2. The zero-order valence-electron chi connectivity index (χ0n) is 20.2. The van der Waals surface area contributed by atoms with Gasteiger partial charge in [-0.25, -0.2) is 0 Å². The second-order valence-electron chi connectivity index (χ2n) is 8.90. The summed E-state index contributed by atoms with van der Waals surface area (Å²) in [4.78, 5) is 26.1. The fourth-order valence-corrected chi connectivity index (χ4v) is 3.98. The van der Waals surface area contributed by atoms with Crippen LogP contribution in [-0.2, 0) is 22.4 Å². The van der Waals surface area contributed by atoms with Crippen LogP contribution in [0, 0.1) is 11.8 Å². The molecule has 1 aromatic rings. The lowest BCUT2D eigenvalue weighted by Crippen LogP contribution is -2.54. The normalized spacial score (nSPS) is 24.8. The second kappa shape index (κ2) is 11.9. The fourth-order valence-electron chi connectivity index (χ4n) is 3.98. The fraction of sp³-hybridized carbons (Fsp3) is 0.600. The van der Waals surface area contributed by atoms with Crippen molar-refractivity contribution in [1.29, 1.82) is 0 Å². The van der Waals surface area contributed by atoms with Crippen LogP contribution in [-0.4, -0.2) is 43.6 Å². The summed E-state index contributed by atoms with van der Waals surface area (Å²) >= 11 is 0. The van der Waals surface area contributed by atoms with Gasteiger partial charge in [-0.05, 0) is 35.4 Å². The molecular weight excluding hydrogens is 404 g/mol. The molecule has 0 fully saturated rings. The third-order valence-electron chi connectivity index (χ3n) is 6.56. The van der Waals surface area contributed by atoms with Crippen molar-refractivity contribution in [2.24, 2.45) is 17.6 Å². The first-order valence-corrected chi connectivity index (χ1v) is 11.7. The number of hydrogen-bond donors (Lipinski definition) is 4. The Hall–Kier alpha value is -2.54. The number of rotatable bonds is 5. The molecule has 5 unspecified atom stereocenters. The lowest BCUT2D eigenvalue weighted by molar-refractivity contribution is -0.124. The van der Waals surface area contributed by atoms with Crippen LogP contribution in [0.1, 0.15) is 51.7 Å². The predicted molar refractivity (Wildman–Crippen MR) is 128 cm³/mol. The van der Waals surface area contributed by atoms with Gasteiger partial charge in [0.25, 0.3) is 0 Å². The van der Waals surface area contributed by atoms with E-state index < -0.39 is 12.1 Å². The summed E-state index contributed by atoms with van der Waals surface area (Å²) in [5.74, 6) is 0.623. The van der Waals surface area contributed by atoms with Crippen molar-refractivity contribution < 1.29 is 14.3 Å². The third kappa shape index (κ3) is 6.48. The number of carbonyl (C=O) groups excluding carboxylic acids is 2. The van der Waals surface area contributed by atoms with Crippen molar-refractivity contribution in [2.75, 3.05) is 13.7 Å². The van der Waals surface area contributed by atoms with E-state index in [-0.39, 0.29) is 29.7 Å². The average molecular weight is 445 g/mol. The quantitative estimate of drug-likeness (QED) is 0.558. The summed E-state index contributed by atoms with van der Waals surface area (Å²) in [5.41, 5.74) is 8.87. The number of hydrogen-bond acceptors (Lipinski definition) is 5. The van der Waals surface area contributed by atoms with E-state index in [0.29, 0.717) is 30.8 Å². The highest BCUT2D eigenvalue weighted by molar-refractivity contribution is 5.83. The molecule has 2 bridgehead atoms. The molecule has 0 radical (unpaired) electrons. The van der Waals surface area contributed by atoms with Gasteiger partial charge in [0.1, 0.15) is 11.8 Å². The van der Waals surface area contributed by atoms with E-state index in [2.05, 4.69) is 43.3 Å². The molecule has 0 aliphatic carbocycles. The maximum atomic E-state index is 13.0. The summed E-state index contributed by atoms with van der Waals surface area (Å²) in [5, 5.41) is 9.47. The van der Waals surface area contributed by atoms with Crippen molar-refractivity contribution in [3.63, 3.8) is 0 Å². The van der Waals surface area contributed by atoms with Gasteiger partial charge in [0, 0.05) is 18.7 Å². The van der Waals surface area contributed by atoms with E-state index in [1.165, 1.54) is 0 Å². The first kappa shape index (κ1) is 25.7. The van der Waals surface area contributed by atoms with Crippen molar-refractivity contribution >= 4 is 11.8 Å². The number of nitrogens with two attached hydrogens (primary N) is 1. The maximum absolute atomic E-state index is 13.0. The minimum Gasteiger partial charge on any atom is -0.496 e. The zero-order chi connectivity index (χ0) is 23.8. The summed E-state index contributed by atoms with van der Waals surface area (Å²) < 4.78 is 5.48. The molecule has 5 atom stereocenters. The lowest BCUT2D eigenvalue weighted by atomic mass is 9.93. The molecule has 1 heterocycles. The second-order valence-corrected chi connectivity index (χ2v) is 8.90. The van der Waals surface area contributed by atoms with Gasteiger partial charge in [-0.1, -0.05) is 59.2 Å². The smallest absolute Gasteiger partial charge is 0.242 e. The van der Waals surface area contributed by atoms with Gasteiger partial charge in [0.2, 0.25) is 11.8 Å². The Morgan fingerprint density at radius 2 is 1.75 bits per heavy atom. The van der Waals surface area contributed by atoms with Gasteiger partial charge in [0.05, 0.1) is 19.2 Å². The molecule has 178 valence electrons. The highest BCUT2D eigenvalue weighted by atomic mass is 16.5. The molecular formula is C25H40N4O3. The molecule has 32 heavy (non-hydrogen) atoms. The summed E-state index contributed by atoms with van der Waals surface area (Å²) in [6, 6.07) is 4.38. The van der Waals surface area contributed by atoms with Gasteiger partial charge in [0.15, 0.2) is 0 Å². The Morgan fingerprint density at radius 1 is 1.09 bits per heavy atom. The topological polar surface area (TPSA) is 105 Å². The van der Waals surface area contributed by atoms with Gasteiger partial charge >= 0.3 is 0 Å². The molecule has 5 N–H and O–H groups in total. The minimum atomic E-state index is -0.728. The summed E-state index contributed by atoms with van der Waals surface area (Å²) in [6.07, 6.45) is 2.72. The van der Waals surface area contributed by atoms with E-state index in [1.807, 2.05) is 25.1 Å². The van der Waals surface area contributed by atoms with Crippen LogP contribution in [0.3, 0.4) is 0 Å². The van der Waals surface area contributed by atoms with Crippen LogP contribution in [0.2, 0.25) is 0 Å². The Labute approximate surface area is 192 Å². The van der Waals surface area contributed by atoms with E-state index in [0.717, 1.165) is 24.0 Å². The average Bonchev–Trinajstić information content (AvgIpc) is 2.79. The number of amides is 2. The summed E-state index contributed by atoms with van der Waals surface area (Å²) in [7, 11) is 1.61. The van der Waals surface area contributed by atoms with Crippen molar-refractivity contribution in [1.82, 2.24) is 16.0 Å². The van der Waals surface area contributed by atoms with Crippen LogP contribution in [0.15, 0.2) is 30.5 Å². The molecule has 2 amide bonds. The Bertz CT molecular complexity index is 810. The SMILES string of the molecule is C=C1NC(C(C)CC)C(=O)NCCc2ccc(OC)c(c2)CC(N)C(=O)NC1C(C)CC. The number of methoxy groups -OCH3 is 1. The van der Waals surface area contributed by atoms with Crippen LogP contribution in [0.5, 0.6) is 5.75 Å². The largest absolute Gasteiger partial charge is 0.496 e. The molecule has 7 nitrogen and oxygen atoms in total. The van der Waals surface area contributed by atoms with Crippen LogP contribution >= 0.6 is 0 Å². The molecule has 2 rings (SSSR count). The minimum absolute atomic E-state index is 0.0602. The monoisotopic (exact) mass is 444 g/mol. The maximum Gasteiger partial charge on any atom is 0.242 e. The third-order valence-corrected chi connectivity index (χ3v) is 6.56. The Balaban J connectivity index is 2.42. The first-order valence-electron chi connectivity index (χ1n) is 11.7. The Morgan fingerprint density at radius 3 is 2.38 bits per heavy atom. The highest BCUT2D eigenvalue weighted by Crippen LogP contribution is 2.22. The molecule has 1 aliphatic rings. The summed E-state index contributed by atoms with van der Waals surface area (Å²) in [6.45, 7) is 12.9. The van der Waals surface area contributed by atoms with Crippen molar-refractivity contribution in [3.05, 3.63) is 41.6 Å². The number of carbonyl (C=O) groups is 2. The van der Waals surface area contributed by atoms with Crippen LogP contribution in [0.25, 0.3) is 0 Å². The number of benzene rings is 1. The molecule has 1 aromatic carbocycles. The molecule has 1 aliphatic heterocycles. The van der Waals surface area contributed by atoms with Crippen molar-refractivity contribution in [2.45, 2.75) is 71.5 Å². The number of nitrogens with one attached hydrogen (secondary N) is 3. The van der Waals surface area contributed by atoms with Gasteiger partial charge in [-0.15, -0.1) is 0 Å². The van der Waals surface area contributed by atoms with E-state index in [1.54, 1.807) is 7.11 Å². The van der Waals surface area contributed by atoms with E-state index in [9.17, 15) is 9.59 Å². The van der Waals surface area contributed by atoms with Gasteiger partial charge in [-0.3, -0.25) is 9.59 Å². The Kier molecular flexibility index (Phi) is 9.57. The predicted octanol–water partition coefficient (Wildman–Crippen LogP) is 2.29. The molecule has 0 aromatic heterocycles. The van der Waals surface area contributed by atoms with Gasteiger partial charge < -0.3 is 26.4 Å². The van der Waals surface area contributed by atoms with E-state index >= 15 is 0 Å². The first-order chi connectivity index (χ1) is 15.2. The standard InChI is InChI=1S/C25H40N4O3/c1-7-15(3)22-17(5)28-23(16(4)8-2)25(31)27-12-11-18-9-10-21(32-6)19(13-18)14-20(26)24(30)29-22/h9-10,13,15-16,20,22-23,28H,5,7-8,11-12,14,26H2,1-4,6H3,(H,27,31)(H,29,30). The molecule has 7 heteroatoms. The van der Waals surface area contributed by atoms with Crippen molar-refractivity contribution in [3.8, 4) is 5.75 Å². The van der Waals surface area contributed by atoms with Crippen LogP contribution < -0.4 is 26.4 Å². The molecule has 0 saturated heterocycles. The molecule has 0 saturated carbocycles. The van der Waals surface area contributed by atoms with Gasteiger partial charge in [-0.2, -0.15) is 0 Å². The van der Waals surface area contributed by atoms with E-state index in [4.69, 9.17) is 10.5 Å². The number of ether oxygens (including phenoxy) is 1. The molecule has 0 spiro atoms. The van der Waals surface area contributed by atoms with Crippen LogP contribution in [0.4, 0.5) is 0 Å². The number of fused-ring (bicyclic) bond motifs is 2. The lowest BCUT2D eigenvalue weighted by Gasteiger charge is -2.32.